The van der Waals surface area contributed by atoms with Crippen LogP contribution in [0.15, 0.2) is 121 Å². The van der Waals surface area contributed by atoms with Crippen molar-refractivity contribution in [3.05, 3.63) is 144 Å². The number of methoxy groups -OCH3 is 1. The zero-order valence-electron chi connectivity index (χ0n) is 45.2. The molecule has 1 amide bonds. The topological polar surface area (TPSA) is 187 Å². The third-order valence-corrected chi connectivity index (χ3v) is 16.0. The average molecular weight is 1060 g/mol. The molecule has 15 atom stereocenters. The molecule has 1 heterocycles. The van der Waals surface area contributed by atoms with Crippen LogP contribution in [0.1, 0.15) is 107 Å². The van der Waals surface area contributed by atoms with Crippen molar-refractivity contribution in [3.8, 4) is 0 Å². The van der Waals surface area contributed by atoms with Crippen molar-refractivity contribution < 1.29 is 67.2 Å². The molecule has 77 heavy (non-hydrogen) atoms. The minimum Gasteiger partial charge on any atom is -0.469 e. The summed E-state index contributed by atoms with van der Waals surface area (Å²) in [7, 11) is 1.37. The normalized spacial score (nSPS) is 30.2. The standard InChI is InChI=1S/C62H81NO14/c1-5-47-32-48(60(67)69-4)33-51(75-50-34-49(35-64)54(66)57(53(50)63-41(3)65)76-52(31-42-21-11-6-12-22-42)61(68)73-39-46-29-19-10-20-30-46)56(47)77-62-59(72-38-45-27-17-9-18-28-45)58(71-37-44-25-15-8-16-26-44)55(40(2)74-62)70-36-43-23-13-7-14-24-43/h7-10,13-20,23-30,40,42,47-59,62,64,66H,5-6,11-12,21-22,31-39H2,1-4H3,(H,63,65)/t40?,47?,48?,49?,50-,51-,52+,53?,54+,55-,56?,57?,58?,59?,62+/m1/s1. The van der Waals surface area contributed by atoms with Crippen LogP contribution in [-0.2, 0) is 83.4 Å². The predicted molar refractivity (Wildman–Crippen MR) is 286 cm³/mol. The third-order valence-electron chi connectivity index (χ3n) is 16.0. The second-order valence-corrected chi connectivity index (χ2v) is 21.5. The number of amides is 1. The number of aliphatic hydroxyl groups is 2. The van der Waals surface area contributed by atoms with Crippen molar-refractivity contribution in [2.75, 3.05) is 13.7 Å². The Morgan fingerprint density at radius 3 is 1.73 bits per heavy atom. The molecule has 8 rings (SSSR count). The van der Waals surface area contributed by atoms with Gasteiger partial charge in [0.2, 0.25) is 5.91 Å². The Bertz CT molecular complexity index is 2380. The summed E-state index contributed by atoms with van der Waals surface area (Å²) in [4.78, 5) is 41.2. The van der Waals surface area contributed by atoms with E-state index in [-0.39, 0.29) is 50.5 Å². The Kier molecular flexibility index (Phi) is 22.1. The Morgan fingerprint density at radius 1 is 0.649 bits per heavy atom. The highest BCUT2D eigenvalue weighted by molar-refractivity contribution is 5.75. The van der Waals surface area contributed by atoms with Gasteiger partial charge in [-0.25, -0.2) is 4.79 Å². The molecule has 1 saturated heterocycles. The predicted octanol–water partition coefficient (Wildman–Crippen LogP) is 8.58. The maximum absolute atomic E-state index is 14.2. The van der Waals surface area contributed by atoms with Crippen LogP contribution in [0.4, 0.5) is 0 Å². The summed E-state index contributed by atoms with van der Waals surface area (Å²) < 4.78 is 60.2. The Labute approximate surface area is 454 Å². The molecule has 3 aliphatic carbocycles. The first-order valence-electron chi connectivity index (χ1n) is 27.9. The summed E-state index contributed by atoms with van der Waals surface area (Å²) in [5.41, 5.74) is 3.70. The van der Waals surface area contributed by atoms with Crippen LogP contribution in [0.3, 0.4) is 0 Å². The Hall–Kier alpha value is -5.07. The zero-order chi connectivity index (χ0) is 54.1. The molecule has 0 aromatic heterocycles. The number of hydrogen-bond acceptors (Lipinski definition) is 14. The fourth-order valence-corrected chi connectivity index (χ4v) is 11.9. The molecule has 418 valence electrons. The number of nitrogens with one attached hydrogen (secondary N) is 1. The van der Waals surface area contributed by atoms with E-state index in [1.807, 2.05) is 135 Å². The highest BCUT2D eigenvalue weighted by Crippen LogP contribution is 2.42. The van der Waals surface area contributed by atoms with Gasteiger partial charge in [-0.3, -0.25) is 9.59 Å². The number of carbonyl (C=O) groups is 3. The first kappa shape index (κ1) is 58.1. The van der Waals surface area contributed by atoms with Crippen molar-refractivity contribution in [2.24, 2.45) is 23.7 Å². The number of ether oxygens (including phenoxy) is 9. The van der Waals surface area contributed by atoms with E-state index in [1.54, 1.807) is 0 Å². The van der Waals surface area contributed by atoms with E-state index >= 15 is 0 Å². The number of rotatable bonds is 24. The summed E-state index contributed by atoms with van der Waals surface area (Å²) in [5, 5.41) is 26.1. The summed E-state index contributed by atoms with van der Waals surface area (Å²) in [6, 6.07) is 38.1. The summed E-state index contributed by atoms with van der Waals surface area (Å²) in [6.07, 6.45) is -3.10. The number of benzene rings is 4. The number of aliphatic hydroxyl groups excluding tert-OH is 2. The molecule has 9 unspecified atom stereocenters. The molecule has 4 aliphatic rings. The molecule has 3 saturated carbocycles. The molecular weight excluding hydrogens is 983 g/mol. The lowest BCUT2D eigenvalue weighted by Crippen LogP contribution is -2.65. The van der Waals surface area contributed by atoms with Gasteiger partial charge in [0.15, 0.2) is 12.4 Å². The molecular formula is C62H81NO14. The van der Waals surface area contributed by atoms with E-state index in [0.717, 1.165) is 54.4 Å². The van der Waals surface area contributed by atoms with Crippen LogP contribution in [0, 0.1) is 23.7 Å². The minimum atomic E-state index is -1.30. The molecule has 0 spiro atoms. The lowest BCUT2D eigenvalue weighted by Gasteiger charge is -2.50. The van der Waals surface area contributed by atoms with Gasteiger partial charge in [-0.1, -0.05) is 167 Å². The van der Waals surface area contributed by atoms with E-state index in [2.05, 4.69) is 5.32 Å². The lowest BCUT2D eigenvalue weighted by molar-refractivity contribution is -0.342. The van der Waals surface area contributed by atoms with E-state index < -0.39 is 104 Å². The molecule has 15 heteroatoms. The van der Waals surface area contributed by atoms with Crippen LogP contribution in [0.2, 0.25) is 0 Å². The van der Waals surface area contributed by atoms with E-state index in [0.29, 0.717) is 25.9 Å². The second-order valence-electron chi connectivity index (χ2n) is 21.5. The largest absolute Gasteiger partial charge is 0.469 e. The average Bonchev–Trinajstić information content (AvgIpc) is 3.47. The molecule has 4 aromatic carbocycles. The highest BCUT2D eigenvalue weighted by Gasteiger charge is 2.54. The van der Waals surface area contributed by atoms with Gasteiger partial charge in [0.25, 0.3) is 0 Å². The number of carbonyl (C=O) groups excluding carboxylic acids is 3. The molecule has 0 bridgehead atoms. The van der Waals surface area contributed by atoms with E-state index in [1.165, 1.54) is 14.0 Å². The Morgan fingerprint density at radius 2 is 1.19 bits per heavy atom. The van der Waals surface area contributed by atoms with E-state index in [4.69, 9.17) is 42.6 Å². The fourth-order valence-electron chi connectivity index (χ4n) is 11.9. The van der Waals surface area contributed by atoms with Crippen molar-refractivity contribution >= 4 is 17.8 Å². The van der Waals surface area contributed by atoms with E-state index in [9.17, 15) is 24.6 Å². The van der Waals surface area contributed by atoms with Crippen molar-refractivity contribution in [2.45, 2.75) is 185 Å². The monoisotopic (exact) mass is 1060 g/mol. The molecule has 4 fully saturated rings. The van der Waals surface area contributed by atoms with Gasteiger partial charge in [0, 0.05) is 19.4 Å². The van der Waals surface area contributed by atoms with Crippen molar-refractivity contribution in [1.29, 1.82) is 0 Å². The van der Waals surface area contributed by atoms with Crippen molar-refractivity contribution in [1.82, 2.24) is 5.32 Å². The van der Waals surface area contributed by atoms with Crippen molar-refractivity contribution in [3.63, 3.8) is 0 Å². The highest BCUT2D eigenvalue weighted by atomic mass is 16.7. The van der Waals surface area contributed by atoms with Crippen LogP contribution in [-0.4, -0.2) is 115 Å². The van der Waals surface area contributed by atoms with Gasteiger partial charge >= 0.3 is 11.9 Å². The zero-order valence-corrected chi connectivity index (χ0v) is 45.2. The molecule has 4 aromatic rings. The first-order valence-corrected chi connectivity index (χ1v) is 27.9. The number of hydrogen-bond donors (Lipinski definition) is 3. The van der Waals surface area contributed by atoms with Gasteiger partial charge in [0.05, 0.1) is 69.4 Å². The molecule has 1 aliphatic heterocycles. The second kappa shape index (κ2) is 29.2. The summed E-state index contributed by atoms with van der Waals surface area (Å²) in [6.45, 7) is 5.72. The maximum atomic E-state index is 14.2. The van der Waals surface area contributed by atoms with Crippen LogP contribution in [0.5, 0.6) is 0 Å². The van der Waals surface area contributed by atoms with Gasteiger partial charge in [-0.05, 0) is 66.7 Å². The lowest BCUT2D eigenvalue weighted by atomic mass is 9.75. The first-order chi connectivity index (χ1) is 37.5. The quantitative estimate of drug-likeness (QED) is 0.0567. The third kappa shape index (κ3) is 16.0. The molecule has 15 nitrogen and oxygen atoms in total. The van der Waals surface area contributed by atoms with Crippen LogP contribution >= 0.6 is 0 Å². The molecule has 3 N–H and O–H groups in total. The van der Waals surface area contributed by atoms with Gasteiger partial charge in [0.1, 0.15) is 31.0 Å². The Balaban J connectivity index is 1.12. The van der Waals surface area contributed by atoms with Crippen LogP contribution < -0.4 is 5.32 Å². The fraction of sp³-hybridized carbons (Fsp3) is 0.565. The van der Waals surface area contributed by atoms with Gasteiger partial charge in [-0.2, -0.15) is 0 Å². The minimum absolute atomic E-state index is 0.0312. The summed E-state index contributed by atoms with van der Waals surface area (Å²) in [5.74, 6) is -2.81. The van der Waals surface area contributed by atoms with Crippen LogP contribution in [0.25, 0.3) is 0 Å². The SMILES string of the molecule is CCC1CC(C(=O)OC)C[C@@H](O[C@@H]2CC(CO)[C@H](O)C(O[C@@H](CC3CCCCC3)C(=O)OCc3ccccc3)C2NC(C)=O)C1O[C@@H]1OC(C)[C@@H](OCc2ccccc2)C(OCc2ccccc2)C1OCc1ccccc1. The smallest absolute Gasteiger partial charge is 0.335 e. The number of esters is 2. The van der Waals surface area contributed by atoms with Gasteiger partial charge in [-0.15, -0.1) is 0 Å². The maximum Gasteiger partial charge on any atom is 0.335 e. The summed E-state index contributed by atoms with van der Waals surface area (Å²) >= 11 is 0. The van der Waals surface area contributed by atoms with Gasteiger partial charge < -0.3 is 58.2 Å². The molecule has 0 radical (unpaired) electrons.